The summed E-state index contributed by atoms with van der Waals surface area (Å²) in [5.41, 5.74) is 2.53. The zero-order valence-corrected chi connectivity index (χ0v) is 25.3. The van der Waals surface area contributed by atoms with Crippen LogP contribution in [0.1, 0.15) is 81.2 Å². The number of nitrogens with zero attached hydrogens (tertiary/aromatic N) is 3. The maximum absolute atomic E-state index is 13.6. The van der Waals surface area contributed by atoms with E-state index in [1.807, 2.05) is 54.5 Å². The van der Waals surface area contributed by atoms with Crippen molar-refractivity contribution in [2.75, 3.05) is 6.54 Å². The second kappa shape index (κ2) is 14.2. The number of Topliss-reactive ketones (excluding diaryl/α,β-unsaturated/α-hetero) is 1. The van der Waals surface area contributed by atoms with E-state index < -0.39 is 23.8 Å². The summed E-state index contributed by atoms with van der Waals surface area (Å²) >= 11 is 0. The number of rotatable bonds is 12. The lowest BCUT2D eigenvalue weighted by Gasteiger charge is -2.24. The average molecular weight is 618 g/mol. The number of halogens is 3. The molecule has 236 valence electrons. The smallest absolute Gasteiger partial charge is 0.393 e. The molecule has 9 heteroatoms. The number of amides is 1. The summed E-state index contributed by atoms with van der Waals surface area (Å²) in [5, 5.41) is 15.8. The summed E-state index contributed by atoms with van der Waals surface area (Å²) < 4.78 is 41.1. The third-order valence-corrected chi connectivity index (χ3v) is 8.57. The van der Waals surface area contributed by atoms with Crippen molar-refractivity contribution in [1.82, 2.24) is 14.7 Å². The Bertz CT molecular complexity index is 1600. The lowest BCUT2D eigenvalue weighted by atomic mass is 9.85. The predicted molar refractivity (Wildman–Crippen MR) is 166 cm³/mol. The number of hydrogen-bond acceptors (Lipinski definition) is 4. The van der Waals surface area contributed by atoms with E-state index in [9.17, 15) is 27.9 Å². The Morgan fingerprint density at radius 3 is 2.42 bits per heavy atom. The van der Waals surface area contributed by atoms with Crippen LogP contribution in [-0.4, -0.2) is 44.1 Å². The number of carbonyl (C=O) groups is 2. The Hall–Kier alpha value is -4.24. The minimum absolute atomic E-state index is 0.0670. The van der Waals surface area contributed by atoms with Gasteiger partial charge >= 0.3 is 6.18 Å². The summed E-state index contributed by atoms with van der Waals surface area (Å²) in [6.45, 7) is 0.615. The van der Waals surface area contributed by atoms with Crippen molar-refractivity contribution in [2.45, 2.75) is 63.3 Å². The largest absolute Gasteiger partial charge is 0.416 e. The molecule has 1 N–H and O–H groups in total. The monoisotopic (exact) mass is 617 g/mol. The Morgan fingerprint density at radius 1 is 0.956 bits per heavy atom. The van der Waals surface area contributed by atoms with Crippen molar-refractivity contribution in [3.05, 3.63) is 125 Å². The van der Waals surface area contributed by atoms with Gasteiger partial charge in [0.25, 0.3) is 5.91 Å². The van der Waals surface area contributed by atoms with E-state index in [0.717, 1.165) is 36.2 Å². The number of benzene rings is 3. The number of likely N-dealkylation sites (tertiary alicyclic amines) is 1. The molecule has 6 nitrogen and oxygen atoms in total. The second-order valence-electron chi connectivity index (χ2n) is 11.9. The molecule has 0 saturated carbocycles. The predicted octanol–water partition coefficient (Wildman–Crippen LogP) is 7.23. The van der Waals surface area contributed by atoms with Gasteiger partial charge in [-0.25, -0.2) is 0 Å². The molecule has 1 aromatic heterocycles. The maximum Gasteiger partial charge on any atom is 0.416 e. The van der Waals surface area contributed by atoms with Crippen molar-refractivity contribution >= 4 is 11.7 Å². The number of aromatic nitrogens is 2. The maximum atomic E-state index is 13.6. The fourth-order valence-electron chi connectivity index (χ4n) is 6.19. The van der Waals surface area contributed by atoms with Crippen LogP contribution in [0.5, 0.6) is 0 Å². The Morgan fingerprint density at radius 2 is 1.69 bits per heavy atom. The van der Waals surface area contributed by atoms with Crippen LogP contribution in [0.25, 0.3) is 0 Å². The minimum atomic E-state index is -4.41. The standard InChI is InChI=1S/C36H38F3N3O3/c1-41-20-18-31(40-41)32-16-8-19-42(32)35(45)28-14-7-13-27(23-28)34(44)24-29(21-25-9-3-2-4-10-25)33(43)17-6-12-26-11-5-15-30(22-26)36(37,38)39/h2-5,7,9-11,13-15,18,20,22-23,29,32-33,43H,6,8,12,16-17,19,21,24H2,1H3/t29-,32?,33-/m1/s1. The number of ketones is 1. The van der Waals surface area contributed by atoms with Crippen molar-refractivity contribution in [3.8, 4) is 0 Å². The van der Waals surface area contributed by atoms with Crippen LogP contribution in [-0.2, 0) is 26.1 Å². The highest BCUT2D eigenvalue weighted by Crippen LogP contribution is 2.33. The van der Waals surface area contributed by atoms with E-state index in [4.69, 9.17) is 0 Å². The first-order valence-corrected chi connectivity index (χ1v) is 15.4. The summed E-state index contributed by atoms with van der Waals surface area (Å²) in [7, 11) is 1.85. The molecule has 1 aliphatic rings. The van der Waals surface area contributed by atoms with Gasteiger partial charge in [0.2, 0.25) is 0 Å². The molecule has 0 radical (unpaired) electrons. The Balaban J connectivity index is 1.26. The van der Waals surface area contributed by atoms with Crippen LogP contribution in [0.3, 0.4) is 0 Å². The van der Waals surface area contributed by atoms with E-state index in [2.05, 4.69) is 5.10 Å². The molecule has 0 aliphatic carbocycles. The zero-order chi connectivity index (χ0) is 32.0. The summed E-state index contributed by atoms with van der Waals surface area (Å²) in [5.74, 6) is -0.730. The molecule has 4 aromatic rings. The van der Waals surface area contributed by atoms with Crippen LogP contribution in [0.15, 0.2) is 91.1 Å². The lowest BCUT2D eigenvalue weighted by molar-refractivity contribution is -0.137. The topological polar surface area (TPSA) is 75.4 Å². The lowest BCUT2D eigenvalue weighted by Crippen LogP contribution is -2.31. The molecule has 3 atom stereocenters. The third-order valence-electron chi connectivity index (χ3n) is 8.57. The van der Waals surface area contributed by atoms with Gasteiger partial charge in [-0.15, -0.1) is 0 Å². The number of hydrogen-bond donors (Lipinski definition) is 1. The van der Waals surface area contributed by atoms with Gasteiger partial charge in [0.05, 0.1) is 23.4 Å². The van der Waals surface area contributed by atoms with Gasteiger partial charge in [0.1, 0.15) is 0 Å². The molecule has 1 saturated heterocycles. The zero-order valence-electron chi connectivity index (χ0n) is 25.3. The van der Waals surface area contributed by atoms with Crippen LogP contribution < -0.4 is 0 Å². The normalized spacial score (nSPS) is 16.5. The molecule has 0 spiro atoms. The van der Waals surface area contributed by atoms with E-state index in [0.29, 0.717) is 48.9 Å². The fraction of sp³-hybridized carbons (Fsp3) is 0.361. The summed E-state index contributed by atoms with van der Waals surface area (Å²) in [6, 6.07) is 23.4. The molecule has 1 unspecified atom stereocenters. The highest BCUT2D eigenvalue weighted by atomic mass is 19.4. The molecule has 0 bridgehead atoms. The second-order valence-corrected chi connectivity index (χ2v) is 11.9. The molecule has 1 fully saturated rings. The van der Waals surface area contributed by atoms with Crippen molar-refractivity contribution < 1.29 is 27.9 Å². The molecule has 3 aromatic carbocycles. The molecule has 1 amide bonds. The first-order chi connectivity index (χ1) is 21.6. The molecular formula is C36H38F3N3O3. The van der Waals surface area contributed by atoms with E-state index >= 15 is 0 Å². The molecule has 5 rings (SSSR count). The summed E-state index contributed by atoms with van der Waals surface area (Å²) in [4.78, 5) is 29.0. The fourth-order valence-corrected chi connectivity index (χ4v) is 6.19. The Kier molecular flexibility index (Phi) is 10.2. The van der Waals surface area contributed by atoms with Gasteiger partial charge in [-0.05, 0) is 79.8 Å². The highest BCUT2D eigenvalue weighted by molar-refractivity contribution is 6.00. The van der Waals surface area contributed by atoms with Crippen molar-refractivity contribution in [1.29, 1.82) is 0 Å². The van der Waals surface area contributed by atoms with Gasteiger partial charge in [-0.3, -0.25) is 14.3 Å². The SMILES string of the molecule is Cn1ccc(C2CCCN2C(=O)c2cccc(C(=O)C[C@@H](Cc3ccccc3)[C@H](O)CCCc3cccc(C(F)(F)F)c3)c2)n1. The highest BCUT2D eigenvalue weighted by Gasteiger charge is 2.33. The molecule has 1 aliphatic heterocycles. The first-order valence-electron chi connectivity index (χ1n) is 15.4. The van der Waals surface area contributed by atoms with Gasteiger partial charge in [-0.1, -0.05) is 60.7 Å². The molecule has 45 heavy (non-hydrogen) atoms. The van der Waals surface area contributed by atoms with Crippen LogP contribution >= 0.6 is 0 Å². The number of aryl methyl sites for hydroxylation is 2. The molecule has 2 heterocycles. The number of aliphatic hydroxyl groups excluding tert-OH is 1. The van der Waals surface area contributed by atoms with Crippen molar-refractivity contribution in [2.24, 2.45) is 13.0 Å². The van der Waals surface area contributed by atoms with E-state index in [1.165, 1.54) is 6.07 Å². The third kappa shape index (κ3) is 8.28. The average Bonchev–Trinajstić information content (AvgIpc) is 3.70. The Labute approximate surface area is 261 Å². The van der Waals surface area contributed by atoms with Gasteiger partial charge < -0.3 is 10.0 Å². The van der Waals surface area contributed by atoms with Crippen LogP contribution in [0.4, 0.5) is 13.2 Å². The van der Waals surface area contributed by atoms with Gasteiger partial charge in [0, 0.05) is 37.3 Å². The number of aliphatic hydroxyl groups is 1. The van der Waals surface area contributed by atoms with E-state index in [-0.39, 0.29) is 24.2 Å². The van der Waals surface area contributed by atoms with Crippen LogP contribution in [0, 0.1) is 5.92 Å². The number of alkyl halides is 3. The van der Waals surface area contributed by atoms with Gasteiger partial charge in [0.15, 0.2) is 5.78 Å². The first kappa shape index (κ1) is 32.2. The summed E-state index contributed by atoms with van der Waals surface area (Å²) in [6.07, 6.45) is 0.0401. The van der Waals surface area contributed by atoms with Crippen molar-refractivity contribution in [3.63, 3.8) is 0 Å². The van der Waals surface area contributed by atoms with E-state index in [1.54, 1.807) is 35.0 Å². The quantitative estimate of drug-likeness (QED) is 0.170. The molecular weight excluding hydrogens is 579 g/mol. The number of carbonyl (C=O) groups excluding carboxylic acids is 2. The van der Waals surface area contributed by atoms with Crippen LogP contribution in [0.2, 0.25) is 0 Å². The van der Waals surface area contributed by atoms with Gasteiger partial charge in [-0.2, -0.15) is 18.3 Å². The minimum Gasteiger partial charge on any atom is -0.393 e.